The van der Waals surface area contributed by atoms with Crippen molar-refractivity contribution in [3.8, 4) is 0 Å². The molecular formula is C18H24N2. The molecule has 2 rings (SSSR count). The lowest BCUT2D eigenvalue weighted by Crippen LogP contribution is -1.99. The molecule has 2 heteroatoms. The van der Waals surface area contributed by atoms with Gasteiger partial charge in [-0.2, -0.15) is 0 Å². The molecule has 1 aromatic carbocycles. The van der Waals surface area contributed by atoms with Crippen molar-refractivity contribution >= 4 is 11.4 Å². The van der Waals surface area contributed by atoms with Gasteiger partial charge in [-0.1, -0.05) is 45.5 Å². The number of aromatic nitrogens is 1. The van der Waals surface area contributed by atoms with Crippen LogP contribution in [0.2, 0.25) is 0 Å². The molecule has 106 valence electrons. The first-order chi connectivity index (χ1) is 9.83. The Kier molecular flexibility index (Phi) is 6.88. The predicted molar refractivity (Wildman–Crippen MR) is 89.7 cm³/mol. The van der Waals surface area contributed by atoms with E-state index in [1.54, 1.807) is 6.20 Å². The highest BCUT2D eigenvalue weighted by Gasteiger charge is 2.01. The van der Waals surface area contributed by atoms with Gasteiger partial charge in [0.05, 0.1) is 5.69 Å². The summed E-state index contributed by atoms with van der Waals surface area (Å²) in [5.41, 5.74) is 6.86. The lowest BCUT2D eigenvalue weighted by Gasteiger charge is -2.08. The number of benzene rings is 1. The highest BCUT2D eigenvalue weighted by atomic mass is 14.9. The van der Waals surface area contributed by atoms with Gasteiger partial charge in [0.1, 0.15) is 5.70 Å². The largest absolute Gasteiger partial charge is 0.347 e. The number of aryl methyl sites for hydroxylation is 1. The third-order valence-electron chi connectivity index (χ3n) is 2.73. The van der Waals surface area contributed by atoms with E-state index in [4.69, 9.17) is 0 Å². The topological polar surface area (TPSA) is 24.9 Å². The van der Waals surface area contributed by atoms with Crippen LogP contribution in [0, 0.1) is 0 Å². The van der Waals surface area contributed by atoms with Crippen LogP contribution in [-0.4, -0.2) is 4.98 Å². The van der Waals surface area contributed by atoms with Crippen LogP contribution in [0.15, 0.2) is 61.0 Å². The molecule has 2 aromatic rings. The van der Waals surface area contributed by atoms with Crippen molar-refractivity contribution in [2.45, 2.75) is 27.2 Å². The normalized spacial score (nSPS) is 8.95. The van der Waals surface area contributed by atoms with Crippen molar-refractivity contribution in [3.05, 3.63) is 72.2 Å². The third kappa shape index (κ3) is 4.42. The van der Waals surface area contributed by atoms with E-state index in [1.165, 1.54) is 5.56 Å². The molecule has 1 N–H and O–H groups in total. The molecule has 0 saturated carbocycles. The number of hydrogen-bond acceptors (Lipinski definition) is 2. The number of nitrogens with zero attached hydrogens (tertiary/aromatic N) is 1. The van der Waals surface area contributed by atoms with E-state index in [2.05, 4.69) is 53.8 Å². The van der Waals surface area contributed by atoms with Crippen molar-refractivity contribution in [1.29, 1.82) is 0 Å². The number of pyridine rings is 1. The third-order valence-corrected chi connectivity index (χ3v) is 2.73. The summed E-state index contributed by atoms with van der Waals surface area (Å²) in [5, 5.41) is 3.28. The maximum Gasteiger partial charge on any atom is 0.107 e. The van der Waals surface area contributed by atoms with Gasteiger partial charge < -0.3 is 5.32 Å². The van der Waals surface area contributed by atoms with E-state index in [0.717, 1.165) is 23.5 Å². The molecule has 0 spiro atoms. The second-order valence-corrected chi connectivity index (χ2v) is 3.94. The van der Waals surface area contributed by atoms with Crippen LogP contribution in [-0.2, 0) is 6.42 Å². The molecule has 0 atom stereocenters. The molecule has 0 aliphatic carbocycles. The van der Waals surface area contributed by atoms with Crippen LogP contribution >= 0.6 is 0 Å². The first-order valence-corrected chi connectivity index (χ1v) is 7.01. The van der Waals surface area contributed by atoms with E-state index in [9.17, 15) is 0 Å². The Morgan fingerprint density at radius 1 is 1.20 bits per heavy atom. The van der Waals surface area contributed by atoms with Gasteiger partial charge in [-0.05, 0) is 36.2 Å². The summed E-state index contributed by atoms with van der Waals surface area (Å²) < 4.78 is 0. The molecule has 0 saturated heterocycles. The smallest absolute Gasteiger partial charge is 0.107 e. The van der Waals surface area contributed by atoms with Gasteiger partial charge in [-0.3, -0.25) is 4.98 Å². The second kappa shape index (κ2) is 8.73. The average Bonchev–Trinajstić information content (AvgIpc) is 2.56. The standard InChI is InChI=1S/C16H16N2.C2H6.H2/c1-3-13-8-10-14(11-9-13)18-15(4-2)16-7-5-6-12-17-16;1-2;/h5-12,18H,2-3H2,1H3;1-2H3;1H. The van der Waals surface area contributed by atoms with Gasteiger partial charge in [-0.15, -0.1) is 5.73 Å². The Bertz CT molecular complexity index is 556. The number of anilines is 1. The highest BCUT2D eigenvalue weighted by Crippen LogP contribution is 2.16. The minimum atomic E-state index is 0. The van der Waals surface area contributed by atoms with Crippen LogP contribution in [0.3, 0.4) is 0 Å². The molecule has 0 radical (unpaired) electrons. The molecule has 0 aliphatic heterocycles. The Morgan fingerprint density at radius 3 is 2.40 bits per heavy atom. The molecule has 2 nitrogen and oxygen atoms in total. The van der Waals surface area contributed by atoms with Crippen molar-refractivity contribution in [1.82, 2.24) is 4.98 Å². The number of rotatable bonds is 4. The molecule has 0 unspecified atom stereocenters. The maximum absolute atomic E-state index is 4.28. The van der Waals surface area contributed by atoms with Crippen LogP contribution in [0.25, 0.3) is 5.70 Å². The molecule has 0 aliphatic rings. The Balaban J connectivity index is 0.00000128. The first-order valence-electron chi connectivity index (χ1n) is 7.01. The summed E-state index contributed by atoms with van der Waals surface area (Å²) in [4.78, 5) is 4.28. The van der Waals surface area contributed by atoms with Crippen LogP contribution in [0.5, 0.6) is 0 Å². The summed E-state index contributed by atoms with van der Waals surface area (Å²) in [7, 11) is 0. The molecular weight excluding hydrogens is 244 g/mol. The lowest BCUT2D eigenvalue weighted by atomic mass is 10.1. The van der Waals surface area contributed by atoms with Crippen LogP contribution in [0.1, 0.15) is 33.5 Å². The van der Waals surface area contributed by atoms with Crippen molar-refractivity contribution in [2.75, 3.05) is 5.32 Å². The molecule has 0 bridgehead atoms. The van der Waals surface area contributed by atoms with Crippen molar-refractivity contribution < 1.29 is 1.43 Å². The van der Waals surface area contributed by atoms with E-state index in [1.807, 2.05) is 32.0 Å². The summed E-state index contributed by atoms with van der Waals surface area (Å²) in [5.74, 6) is 0. The fourth-order valence-corrected chi connectivity index (χ4v) is 1.68. The molecule has 0 amide bonds. The van der Waals surface area contributed by atoms with E-state index in [-0.39, 0.29) is 1.43 Å². The summed E-state index contributed by atoms with van der Waals surface area (Å²) in [6.07, 6.45) is 2.80. The van der Waals surface area contributed by atoms with E-state index < -0.39 is 0 Å². The Hall–Kier alpha value is -2.31. The van der Waals surface area contributed by atoms with Crippen molar-refractivity contribution in [2.24, 2.45) is 0 Å². The highest BCUT2D eigenvalue weighted by molar-refractivity contribution is 5.74. The zero-order valence-corrected chi connectivity index (χ0v) is 12.5. The maximum atomic E-state index is 4.28. The molecule has 0 fully saturated rings. The monoisotopic (exact) mass is 268 g/mol. The molecule has 1 aromatic heterocycles. The predicted octanol–water partition coefficient (Wildman–Crippen LogP) is 5.15. The van der Waals surface area contributed by atoms with Gasteiger partial charge in [0.25, 0.3) is 0 Å². The quantitative estimate of drug-likeness (QED) is 0.775. The van der Waals surface area contributed by atoms with Gasteiger partial charge in [0, 0.05) is 13.3 Å². The SMILES string of the molecule is C=C=C(Nc1ccc(CC)cc1)c1ccccn1.CC.[HH]. The molecule has 1 heterocycles. The zero-order valence-electron chi connectivity index (χ0n) is 12.5. The van der Waals surface area contributed by atoms with Crippen LogP contribution < -0.4 is 5.32 Å². The van der Waals surface area contributed by atoms with Gasteiger partial charge in [0.2, 0.25) is 0 Å². The fourth-order valence-electron chi connectivity index (χ4n) is 1.68. The van der Waals surface area contributed by atoms with Gasteiger partial charge in [0.15, 0.2) is 0 Å². The summed E-state index contributed by atoms with van der Waals surface area (Å²) in [6, 6.07) is 14.1. The fraction of sp³-hybridized carbons (Fsp3) is 0.222. The minimum Gasteiger partial charge on any atom is -0.347 e. The van der Waals surface area contributed by atoms with E-state index in [0.29, 0.717) is 0 Å². The lowest BCUT2D eigenvalue weighted by molar-refractivity contribution is 1.14. The summed E-state index contributed by atoms with van der Waals surface area (Å²) >= 11 is 0. The van der Waals surface area contributed by atoms with E-state index >= 15 is 0 Å². The van der Waals surface area contributed by atoms with Crippen molar-refractivity contribution in [3.63, 3.8) is 0 Å². The molecule has 20 heavy (non-hydrogen) atoms. The zero-order chi connectivity index (χ0) is 14.8. The number of hydrogen-bond donors (Lipinski definition) is 1. The van der Waals surface area contributed by atoms with Crippen LogP contribution in [0.4, 0.5) is 5.69 Å². The second-order valence-electron chi connectivity index (χ2n) is 3.94. The average molecular weight is 268 g/mol. The van der Waals surface area contributed by atoms with Gasteiger partial charge in [-0.25, -0.2) is 0 Å². The first kappa shape index (κ1) is 15.7. The summed E-state index contributed by atoms with van der Waals surface area (Å²) in [6.45, 7) is 9.85. The van der Waals surface area contributed by atoms with Gasteiger partial charge >= 0.3 is 0 Å². The number of nitrogens with one attached hydrogen (secondary N) is 1. The minimum absolute atomic E-state index is 0. The Morgan fingerprint density at radius 2 is 1.90 bits per heavy atom. The Labute approximate surface area is 123 Å².